The number of benzene rings is 1. The molecular weight excluding hydrogens is 560 g/mol. The van der Waals surface area contributed by atoms with Gasteiger partial charge in [0.2, 0.25) is 0 Å². The Hall–Kier alpha value is -3.34. The van der Waals surface area contributed by atoms with Gasteiger partial charge in [-0.15, -0.1) is 0 Å². The van der Waals surface area contributed by atoms with Gasteiger partial charge in [0, 0.05) is 51.5 Å². The van der Waals surface area contributed by atoms with Crippen LogP contribution in [0.2, 0.25) is 0 Å². The molecule has 2 heterocycles. The molecule has 1 aromatic carbocycles. The largest absolute Gasteiger partial charge is 0.490 e. The highest BCUT2D eigenvalue weighted by Crippen LogP contribution is 2.42. The summed E-state index contributed by atoms with van der Waals surface area (Å²) in [7, 11) is 3.54. The first-order chi connectivity index (χ1) is 19.5. The number of ether oxygens (including phenoxy) is 1. The lowest BCUT2D eigenvalue weighted by molar-refractivity contribution is -0.138. The zero-order valence-electron chi connectivity index (χ0n) is 23.0. The van der Waals surface area contributed by atoms with E-state index in [0.29, 0.717) is 24.9 Å². The van der Waals surface area contributed by atoms with E-state index in [1.807, 2.05) is 0 Å². The Morgan fingerprint density at radius 3 is 2.51 bits per heavy atom. The quantitative estimate of drug-likeness (QED) is 0.181. The van der Waals surface area contributed by atoms with Gasteiger partial charge in [-0.25, -0.2) is 9.37 Å². The van der Waals surface area contributed by atoms with Crippen molar-refractivity contribution in [1.29, 1.82) is 5.26 Å². The van der Waals surface area contributed by atoms with E-state index in [4.69, 9.17) is 22.2 Å². The van der Waals surface area contributed by atoms with Crippen LogP contribution in [0.15, 0.2) is 30.5 Å². The number of aldehydes is 1. The van der Waals surface area contributed by atoms with Gasteiger partial charge in [0.1, 0.15) is 17.9 Å². The van der Waals surface area contributed by atoms with E-state index in [2.05, 4.69) is 21.8 Å². The van der Waals surface area contributed by atoms with E-state index in [1.165, 1.54) is 36.2 Å². The number of thiocarbonyl (C=S) groups is 1. The first kappa shape index (κ1) is 30.6. The Kier molecular flexibility index (Phi) is 9.46. The number of carbonyl (C=O) groups excluding carboxylic acids is 1. The SMILES string of the molecule is CN1CCN(CCCOc2cc(N(C(=S)N(C)c3cnc(C#N)c(C(F)(F)F)c3)C3(C=O)CCC3)ccc2F)CC1. The number of hydrogen-bond acceptors (Lipinski definition) is 7. The van der Waals surface area contributed by atoms with E-state index >= 15 is 0 Å². The molecule has 1 aromatic heterocycles. The second kappa shape index (κ2) is 12.7. The summed E-state index contributed by atoms with van der Waals surface area (Å²) >= 11 is 5.71. The third kappa shape index (κ3) is 6.77. The average molecular weight is 593 g/mol. The zero-order valence-corrected chi connectivity index (χ0v) is 23.8. The maximum absolute atomic E-state index is 14.8. The third-order valence-corrected chi connectivity index (χ3v) is 8.14. The molecule has 1 saturated heterocycles. The highest BCUT2D eigenvalue weighted by atomic mass is 32.1. The van der Waals surface area contributed by atoms with Crippen LogP contribution in [0.1, 0.15) is 36.9 Å². The normalized spacial score (nSPS) is 17.3. The lowest BCUT2D eigenvalue weighted by Crippen LogP contribution is -2.60. The highest BCUT2D eigenvalue weighted by Gasteiger charge is 2.46. The summed E-state index contributed by atoms with van der Waals surface area (Å²) < 4.78 is 61.3. The van der Waals surface area contributed by atoms with Crippen LogP contribution in [0.5, 0.6) is 5.75 Å². The van der Waals surface area contributed by atoms with Gasteiger partial charge in [0.15, 0.2) is 22.4 Å². The minimum atomic E-state index is -4.80. The summed E-state index contributed by atoms with van der Waals surface area (Å²) in [6.45, 7) is 5.03. The molecule has 1 saturated carbocycles. The standard InChI is InChI=1S/C28H32F4N6O2S/c1-35-10-12-37(13-11-35)9-4-14-40-25-16-20(5-6-23(25)29)38(27(19-39)7-3-8-27)26(41)36(2)21-15-22(28(30,31)32)24(17-33)34-18-21/h5-6,15-16,18-19H,3-4,7-14H2,1-2H3. The van der Waals surface area contributed by atoms with Crippen LogP contribution < -0.4 is 14.5 Å². The molecule has 2 fully saturated rings. The molecule has 1 aliphatic carbocycles. The Morgan fingerprint density at radius 2 is 1.93 bits per heavy atom. The molecular formula is C28H32F4N6O2S. The van der Waals surface area contributed by atoms with Gasteiger partial charge in [0.05, 0.1) is 24.1 Å². The van der Waals surface area contributed by atoms with Crippen LogP contribution in [0.3, 0.4) is 0 Å². The van der Waals surface area contributed by atoms with Crippen LogP contribution in [-0.2, 0) is 11.0 Å². The molecule has 2 aromatic rings. The smallest absolute Gasteiger partial charge is 0.419 e. The second-order valence-corrected chi connectivity index (χ2v) is 10.8. The number of halogens is 4. The Labute approximate surface area is 242 Å². The van der Waals surface area contributed by atoms with Crippen LogP contribution in [-0.4, -0.2) is 85.1 Å². The lowest BCUT2D eigenvalue weighted by atomic mass is 9.76. The Bertz CT molecular complexity index is 1310. The molecule has 4 rings (SSSR count). The fourth-order valence-corrected chi connectivity index (χ4v) is 5.37. The number of alkyl halides is 3. The molecule has 2 aliphatic rings. The predicted molar refractivity (Wildman–Crippen MR) is 151 cm³/mol. The van der Waals surface area contributed by atoms with Crippen molar-refractivity contribution in [2.24, 2.45) is 0 Å². The molecule has 1 aliphatic heterocycles. The van der Waals surface area contributed by atoms with Crippen molar-refractivity contribution >= 4 is 35.0 Å². The molecule has 8 nitrogen and oxygen atoms in total. The number of likely N-dealkylation sites (N-methyl/N-ethyl adjacent to an activating group) is 1. The summed E-state index contributed by atoms with van der Waals surface area (Å²) in [5.41, 5.74) is -2.64. The number of pyridine rings is 1. The maximum atomic E-state index is 14.8. The minimum absolute atomic E-state index is 0.00361. The van der Waals surface area contributed by atoms with Crippen molar-refractivity contribution in [3.05, 3.63) is 47.5 Å². The summed E-state index contributed by atoms with van der Waals surface area (Å²) in [5.74, 6) is -0.580. The van der Waals surface area contributed by atoms with Gasteiger partial charge in [-0.2, -0.15) is 18.4 Å². The van der Waals surface area contributed by atoms with Crippen molar-refractivity contribution < 1.29 is 27.1 Å². The maximum Gasteiger partial charge on any atom is 0.419 e. The van der Waals surface area contributed by atoms with Gasteiger partial charge >= 0.3 is 6.18 Å². The Morgan fingerprint density at radius 1 is 1.22 bits per heavy atom. The van der Waals surface area contributed by atoms with Crippen molar-refractivity contribution in [3.8, 4) is 11.8 Å². The summed E-state index contributed by atoms with van der Waals surface area (Å²) in [6.07, 6.45) is -0.549. The summed E-state index contributed by atoms with van der Waals surface area (Å²) in [5, 5.41) is 9.11. The van der Waals surface area contributed by atoms with E-state index in [1.54, 1.807) is 4.90 Å². The number of piperazine rings is 1. The number of nitriles is 1. The molecule has 0 N–H and O–H groups in total. The molecule has 0 unspecified atom stereocenters. The van der Waals surface area contributed by atoms with Crippen LogP contribution in [0, 0.1) is 17.1 Å². The van der Waals surface area contributed by atoms with E-state index in [-0.39, 0.29) is 23.2 Å². The van der Waals surface area contributed by atoms with Crippen LogP contribution in [0.4, 0.5) is 28.9 Å². The lowest BCUT2D eigenvalue weighted by Gasteiger charge is -2.48. The van der Waals surface area contributed by atoms with Crippen molar-refractivity contribution in [1.82, 2.24) is 14.8 Å². The van der Waals surface area contributed by atoms with E-state index in [0.717, 1.165) is 57.7 Å². The van der Waals surface area contributed by atoms with Crippen molar-refractivity contribution in [2.45, 2.75) is 37.4 Å². The van der Waals surface area contributed by atoms with E-state index in [9.17, 15) is 22.4 Å². The summed E-state index contributed by atoms with van der Waals surface area (Å²) in [6, 6.07) is 6.41. The van der Waals surface area contributed by atoms with Gasteiger partial charge < -0.3 is 29.1 Å². The molecule has 0 radical (unpaired) electrons. The second-order valence-electron chi connectivity index (χ2n) is 10.4. The molecule has 0 atom stereocenters. The number of anilines is 2. The summed E-state index contributed by atoms with van der Waals surface area (Å²) in [4.78, 5) is 23.5. The third-order valence-electron chi connectivity index (χ3n) is 7.68. The molecule has 41 heavy (non-hydrogen) atoms. The average Bonchev–Trinajstić information content (AvgIpc) is 2.93. The van der Waals surface area contributed by atoms with Crippen LogP contribution >= 0.6 is 12.2 Å². The highest BCUT2D eigenvalue weighted by molar-refractivity contribution is 7.80. The van der Waals surface area contributed by atoms with Gasteiger partial charge in [-0.05, 0) is 63.1 Å². The van der Waals surface area contributed by atoms with Gasteiger partial charge in [-0.1, -0.05) is 0 Å². The first-order valence-corrected chi connectivity index (χ1v) is 13.7. The fourth-order valence-electron chi connectivity index (χ4n) is 4.98. The topological polar surface area (TPSA) is 75.9 Å². The van der Waals surface area contributed by atoms with Crippen molar-refractivity contribution in [2.75, 3.05) is 63.2 Å². The Balaban J connectivity index is 1.56. The minimum Gasteiger partial charge on any atom is -0.490 e. The molecule has 0 bridgehead atoms. The van der Waals surface area contributed by atoms with Crippen molar-refractivity contribution in [3.63, 3.8) is 0 Å². The van der Waals surface area contributed by atoms with Gasteiger partial charge in [0.25, 0.3) is 0 Å². The number of nitrogens with zero attached hydrogens (tertiary/aromatic N) is 6. The first-order valence-electron chi connectivity index (χ1n) is 13.3. The molecule has 13 heteroatoms. The monoisotopic (exact) mass is 592 g/mol. The molecule has 0 spiro atoms. The number of carbonyl (C=O) groups is 1. The van der Waals surface area contributed by atoms with Gasteiger partial charge in [-0.3, -0.25) is 0 Å². The number of hydrogen-bond donors (Lipinski definition) is 0. The molecule has 0 amide bonds. The number of aromatic nitrogens is 1. The fraction of sp³-hybridized carbons (Fsp3) is 0.500. The predicted octanol–water partition coefficient (Wildman–Crippen LogP) is 4.48. The van der Waals surface area contributed by atoms with E-state index < -0.39 is 28.8 Å². The van der Waals surface area contributed by atoms with Crippen LogP contribution in [0.25, 0.3) is 0 Å². The number of rotatable bonds is 9. The zero-order chi connectivity index (χ0) is 29.8. The molecule has 220 valence electrons.